The molecule has 1 saturated carbocycles. The number of nitrogens with two attached hydrogens (primary N) is 2. The zero-order chi connectivity index (χ0) is 15.1. The van der Waals surface area contributed by atoms with E-state index in [1.807, 2.05) is 13.8 Å². The average molecular weight is 297 g/mol. The number of carbonyl (C=O) groups is 1. The number of hydrogen-bond donors (Lipinski definition) is 2. The van der Waals surface area contributed by atoms with Crippen molar-refractivity contribution in [2.45, 2.75) is 19.8 Å². The minimum absolute atomic E-state index is 0.0701. The summed E-state index contributed by atoms with van der Waals surface area (Å²) in [7, 11) is 1.53. The van der Waals surface area contributed by atoms with Crippen molar-refractivity contribution in [1.29, 1.82) is 0 Å². The number of carbonyl (C=O) groups excluding carboxylic acids is 1. The zero-order valence-electron chi connectivity index (χ0n) is 11.6. The molecule has 7 heteroatoms. The summed E-state index contributed by atoms with van der Waals surface area (Å²) < 4.78 is 5.24. The number of methoxy groups -OCH3 is 1. The van der Waals surface area contributed by atoms with E-state index in [0.717, 1.165) is 5.56 Å². The van der Waals surface area contributed by atoms with Gasteiger partial charge in [0.1, 0.15) is 0 Å². The molecule has 1 aliphatic rings. The van der Waals surface area contributed by atoms with Gasteiger partial charge in [-0.3, -0.25) is 4.79 Å². The quantitative estimate of drug-likeness (QED) is 0.646. The number of ether oxygens (including phenoxy) is 1. The van der Waals surface area contributed by atoms with Gasteiger partial charge >= 0.3 is 0 Å². The Morgan fingerprint density at radius 3 is 2.70 bits per heavy atom. The second-order valence-corrected chi connectivity index (χ2v) is 5.84. The van der Waals surface area contributed by atoms with Gasteiger partial charge < -0.3 is 16.2 Å². The van der Waals surface area contributed by atoms with Gasteiger partial charge in [0.25, 0.3) is 5.91 Å². The Bertz CT molecular complexity index is 582. The molecule has 0 bridgehead atoms. The fraction of sp³-hybridized carbons (Fsp3) is 0.462. The maximum atomic E-state index is 12.1. The van der Waals surface area contributed by atoms with Crippen LogP contribution in [0, 0.1) is 11.3 Å². The molecule has 2 rings (SSSR count). The molecule has 1 amide bonds. The fourth-order valence-electron chi connectivity index (χ4n) is 2.71. The van der Waals surface area contributed by atoms with Crippen molar-refractivity contribution in [2.24, 2.45) is 27.8 Å². The Kier molecular flexibility index (Phi) is 3.60. The highest BCUT2D eigenvalue weighted by atomic mass is 35.5. The van der Waals surface area contributed by atoms with Crippen LogP contribution in [0.15, 0.2) is 17.3 Å². The summed E-state index contributed by atoms with van der Waals surface area (Å²) in [5.41, 5.74) is 11.1. The number of rotatable bonds is 3. The second-order valence-electron chi connectivity index (χ2n) is 5.40. The normalized spacial score (nSPS) is 23.0. The van der Waals surface area contributed by atoms with Crippen LogP contribution in [0.4, 0.5) is 0 Å². The lowest BCUT2D eigenvalue weighted by Crippen LogP contribution is -2.25. The molecule has 20 heavy (non-hydrogen) atoms. The van der Waals surface area contributed by atoms with E-state index < -0.39 is 0 Å². The number of aromatic nitrogens is 1. The van der Waals surface area contributed by atoms with Crippen LogP contribution < -0.4 is 16.2 Å². The molecule has 4 N–H and O–H groups in total. The van der Waals surface area contributed by atoms with Crippen molar-refractivity contribution in [1.82, 2.24) is 4.98 Å². The highest BCUT2D eigenvalue weighted by Gasteiger charge is 2.63. The van der Waals surface area contributed by atoms with Gasteiger partial charge in [0, 0.05) is 17.7 Å². The standard InChI is InChI=1S/C13H17ClN4O2/c1-13(2)8(9(13)10(19)18-12(15)16)7-4-6(14)5-17-11(7)20-3/h4-5,8-9H,1-3H3,(H4,15,16,18,19)/t8-,9+/m0/s1. The van der Waals surface area contributed by atoms with Gasteiger partial charge in [0.15, 0.2) is 5.96 Å². The lowest BCUT2D eigenvalue weighted by atomic mass is 10.0. The van der Waals surface area contributed by atoms with E-state index in [-0.39, 0.29) is 29.1 Å². The van der Waals surface area contributed by atoms with Crippen molar-refractivity contribution < 1.29 is 9.53 Å². The van der Waals surface area contributed by atoms with E-state index in [0.29, 0.717) is 10.9 Å². The SMILES string of the molecule is COc1ncc(Cl)cc1[C@H]1[C@H](C(=O)N=C(N)N)C1(C)C. The maximum absolute atomic E-state index is 12.1. The van der Waals surface area contributed by atoms with Gasteiger partial charge in [-0.2, -0.15) is 4.99 Å². The van der Waals surface area contributed by atoms with Crippen molar-refractivity contribution in [3.63, 3.8) is 0 Å². The third-order valence-corrected chi connectivity index (χ3v) is 3.91. The van der Waals surface area contributed by atoms with Crippen LogP contribution in [0.3, 0.4) is 0 Å². The highest BCUT2D eigenvalue weighted by molar-refractivity contribution is 6.30. The van der Waals surface area contributed by atoms with Gasteiger partial charge in [-0.25, -0.2) is 4.98 Å². The smallest absolute Gasteiger partial charge is 0.253 e. The lowest BCUT2D eigenvalue weighted by molar-refractivity contribution is -0.119. The monoisotopic (exact) mass is 296 g/mol. The molecule has 0 aromatic carbocycles. The molecule has 0 saturated heterocycles. The third-order valence-electron chi connectivity index (χ3n) is 3.71. The summed E-state index contributed by atoms with van der Waals surface area (Å²) in [4.78, 5) is 19.8. The van der Waals surface area contributed by atoms with Crippen LogP contribution in [-0.2, 0) is 4.79 Å². The first-order valence-corrected chi connectivity index (χ1v) is 6.49. The predicted molar refractivity (Wildman–Crippen MR) is 76.6 cm³/mol. The minimum Gasteiger partial charge on any atom is -0.481 e. The third kappa shape index (κ3) is 2.43. The number of guanidine groups is 1. The zero-order valence-corrected chi connectivity index (χ0v) is 12.3. The average Bonchev–Trinajstić information content (AvgIpc) is 2.91. The molecule has 0 unspecified atom stereocenters. The van der Waals surface area contributed by atoms with Gasteiger partial charge in [0.05, 0.1) is 18.1 Å². The summed E-state index contributed by atoms with van der Waals surface area (Å²) in [5, 5.41) is 0.497. The lowest BCUT2D eigenvalue weighted by Gasteiger charge is -2.08. The van der Waals surface area contributed by atoms with Crippen molar-refractivity contribution in [3.8, 4) is 5.88 Å². The summed E-state index contributed by atoms with van der Waals surface area (Å²) in [6.45, 7) is 3.95. The van der Waals surface area contributed by atoms with Crippen LogP contribution in [-0.4, -0.2) is 24.0 Å². The van der Waals surface area contributed by atoms with Crippen LogP contribution in [0.1, 0.15) is 25.3 Å². The number of hydrogen-bond acceptors (Lipinski definition) is 3. The van der Waals surface area contributed by atoms with Crippen LogP contribution in [0.5, 0.6) is 5.88 Å². The molecule has 6 nitrogen and oxygen atoms in total. The fourth-order valence-corrected chi connectivity index (χ4v) is 2.88. The molecule has 0 spiro atoms. The first kappa shape index (κ1) is 14.6. The molecule has 1 aliphatic carbocycles. The summed E-state index contributed by atoms with van der Waals surface area (Å²) in [6.07, 6.45) is 1.51. The number of aliphatic imine (C=N–C) groups is 1. The van der Waals surface area contributed by atoms with Crippen molar-refractivity contribution in [2.75, 3.05) is 7.11 Å². The van der Waals surface area contributed by atoms with Gasteiger partial charge in [-0.05, 0) is 11.5 Å². The first-order valence-electron chi connectivity index (χ1n) is 6.12. The Morgan fingerprint density at radius 1 is 1.50 bits per heavy atom. The molecule has 1 aromatic heterocycles. The Labute approximate surface area is 122 Å². The van der Waals surface area contributed by atoms with Crippen LogP contribution in [0.25, 0.3) is 0 Å². The molecule has 1 aromatic rings. The van der Waals surface area contributed by atoms with E-state index in [2.05, 4.69) is 9.98 Å². The number of nitrogens with zero attached hydrogens (tertiary/aromatic N) is 2. The van der Waals surface area contributed by atoms with Crippen LogP contribution >= 0.6 is 11.6 Å². The Hall–Kier alpha value is -1.82. The molecular weight excluding hydrogens is 280 g/mol. The first-order chi connectivity index (χ1) is 9.28. The number of halogens is 1. The summed E-state index contributed by atoms with van der Waals surface area (Å²) in [6, 6.07) is 1.77. The molecule has 1 heterocycles. The second kappa shape index (κ2) is 4.94. The molecule has 108 valence electrons. The van der Waals surface area contributed by atoms with Crippen molar-refractivity contribution >= 4 is 23.5 Å². The largest absolute Gasteiger partial charge is 0.481 e. The van der Waals surface area contributed by atoms with E-state index in [1.165, 1.54) is 13.3 Å². The van der Waals surface area contributed by atoms with Crippen LogP contribution in [0.2, 0.25) is 5.02 Å². The number of pyridine rings is 1. The van der Waals surface area contributed by atoms with E-state index in [9.17, 15) is 4.79 Å². The van der Waals surface area contributed by atoms with Gasteiger partial charge in [-0.1, -0.05) is 25.4 Å². The summed E-state index contributed by atoms with van der Waals surface area (Å²) in [5.74, 6) is -0.472. The Balaban J connectivity index is 2.37. The molecule has 2 atom stereocenters. The van der Waals surface area contributed by atoms with Crippen molar-refractivity contribution in [3.05, 3.63) is 22.8 Å². The van der Waals surface area contributed by atoms with E-state index >= 15 is 0 Å². The van der Waals surface area contributed by atoms with Gasteiger partial charge in [-0.15, -0.1) is 0 Å². The Morgan fingerprint density at radius 2 is 2.15 bits per heavy atom. The molecule has 0 radical (unpaired) electrons. The predicted octanol–water partition coefficient (Wildman–Crippen LogP) is 1.28. The summed E-state index contributed by atoms with van der Waals surface area (Å²) >= 11 is 5.98. The van der Waals surface area contributed by atoms with E-state index in [1.54, 1.807) is 6.07 Å². The molecule has 0 aliphatic heterocycles. The highest BCUT2D eigenvalue weighted by Crippen LogP contribution is 2.66. The topological polar surface area (TPSA) is 104 Å². The molecular formula is C13H17ClN4O2. The van der Waals surface area contributed by atoms with E-state index in [4.69, 9.17) is 27.8 Å². The minimum atomic E-state index is -0.331. The van der Waals surface area contributed by atoms with Gasteiger partial charge in [0.2, 0.25) is 5.88 Å². The number of amides is 1. The maximum Gasteiger partial charge on any atom is 0.253 e. The molecule has 1 fully saturated rings.